The number of halogens is 2. The van der Waals surface area contributed by atoms with Crippen LogP contribution in [0.5, 0.6) is 11.5 Å². The maximum atomic E-state index is 13.9. The number of hydrogen-bond acceptors (Lipinski definition) is 5. The minimum absolute atomic E-state index is 0.0165. The van der Waals surface area contributed by atoms with Gasteiger partial charge in [-0.15, -0.1) is 0 Å². The number of nitrogens with one attached hydrogen (secondary N) is 1. The summed E-state index contributed by atoms with van der Waals surface area (Å²) in [6.45, 7) is 1.60. The second kappa shape index (κ2) is 8.42. The molecule has 0 saturated carbocycles. The number of amides is 1. The summed E-state index contributed by atoms with van der Waals surface area (Å²) in [6.07, 6.45) is 0.978. The van der Waals surface area contributed by atoms with E-state index in [4.69, 9.17) is 9.47 Å². The summed E-state index contributed by atoms with van der Waals surface area (Å²) in [7, 11) is -1.06. The van der Waals surface area contributed by atoms with Gasteiger partial charge in [-0.05, 0) is 25.1 Å². The van der Waals surface area contributed by atoms with E-state index in [0.717, 1.165) is 28.8 Å². The fraction of sp³-hybridized carbons (Fsp3) is 0.278. The predicted octanol–water partition coefficient (Wildman–Crippen LogP) is 3.02. The van der Waals surface area contributed by atoms with Crippen molar-refractivity contribution in [2.75, 3.05) is 36.6 Å². The molecule has 0 aliphatic rings. The van der Waals surface area contributed by atoms with Gasteiger partial charge in [-0.3, -0.25) is 9.10 Å². The largest absolute Gasteiger partial charge is 0.493 e. The number of nitrogens with zero attached hydrogens (tertiary/aromatic N) is 1. The summed E-state index contributed by atoms with van der Waals surface area (Å²) in [5.41, 5.74) is -0.819. The molecule has 7 nitrogen and oxygen atoms in total. The van der Waals surface area contributed by atoms with E-state index in [9.17, 15) is 22.0 Å². The van der Waals surface area contributed by atoms with Gasteiger partial charge in [0.25, 0.3) is 5.91 Å². The van der Waals surface area contributed by atoms with Crippen LogP contribution in [0.3, 0.4) is 0 Å². The Kier molecular flexibility index (Phi) is 6.45. The fourth-order valence-electron chi connectivity index (χ4n) is 2.64. The lowest BCUT2D eigenvalue weighted by Gasteiger charge is -2.24. The third-order valence-electron chi connectivity index (χ3n) is 3.90. The quantitative estimate of drug-likeness (QED) is 0.753. The van der Waals surface area contributed by atoms with Gasteiger partial charge in [0.15, 0.2) is 11.5 Å². The fourth-order valence-corrected chi connectivity index (χ4v) is 3.62. The zero-order valence-electron chi connectivity index (χ0n) is 15.7. The number of benzene rings is 2. The van der Waals surface area contributed by atoms with E-state index in [-0.39, 0.29) is 29.3 Å². The molecule has 10 heteroatoms. The molecule has 0 spiro atoms. The molecular weight excluding hydrogens is 394 g/mol. The van der Waals surface area contributed by atoms with Gasteiger partial charge in [0.05, 0.1) is 31.7 Å². The third kappa shape index (κ3) is 4.33. The highest BCUT2D eigenvalue weighted by Crippen LogP contribution is 2.36. The van der Waals surface area contributed by atoms with Crippen molar-refractivity contribution >= 4 is 27.3 Å². The SMILES string of the molecule is CCN(c1cc(OC)c(OC)cc1C(=O)Nc1c(F)cccc1F)S(C)(=O)=O. The first-order valence-corrected chi connectivity index (χ1v) is 9.97. The molecule has 0 radical (unpaired) electrons. The van der Waals surface area contributed by atoms with Gasteiger partial charge < -0.3 is 14.8 Å². The summed E-state index contributed by atoms with van der Waals surface area (Å²) >= 11 is 0. The van der Waals surface area contributed by atoms with Crippen molar-refractivity contribution in [3.63, 3.8) is 0 Å². The second-order valence-electron chi connectivity index (χ2n) is 5.70. The topological polar surface area (TPSA) is 84.9 Å². The summed E-state index contributed by atoms with van der Waals surface area (Å²) in [5.74, 6) is -2.51. The Bertz CT molecular complexity index is 975. The lowest BCUT2D eigenvalue weighted by molar-refractivity contribution is 0.102. The van der Waals surface area contributed by atoms with E-state index < -0.39 is 33.3 Å². The lowest BCUT2D eigenvalue weighted by atomic mass is 10.1. The summed E-state index contributed by atoms with van der Waals surface area (Å²) in [5, 5.41) is 2.15. The first kappa shape index (κ1) is 21.4. The van der Waals surface area contributed by atoms with E-state index >= 15 is 0 Å². The monoisotopic (exact) mass is 414 g/mol. The Morgan fingerprint density at radius 1 is 1.11 bits per heavy atom. The molecule has 0 aromatic heterocycles. The standard InChI is InChI=1S/C18H20F2N2O5S/c1-5-22(28(4,24)25)14-10-16(27-3)15(26-2)9-11(14)18(23)21-17-12(19)7-6-8-13(17)20/h6-10H,5H2,1-4H3,(H,21,23). The van der Waals surface area contributed by atoms with Crippen molar-refractivity contribution in [3.8, 4) is 11.5 Å². The molecule has 0 bridgehead atoms. The van der Waals surface area contributed by atoms with Crippen LogP contribution in [-0.2, 0) is 10.0 Å². The molecule has 2 aromatic rings. The van der Waals surface area contributed by atoms with Crippen molar-refractivity contribution < 1.29 is 31.5 Å². The molecule has 2 rings (SSSR count). The Morgan fingerprint density at radius 2 is 1.64 bits per heavy atom. The van der Waals surface area contributed by atoms with Gasteiger partial charge in [0, 0.05) is 12.6 Å². The number of sulfonamides is 1. The molecule has 0 unspecified atom stereocenters. The Labute approximate surface area is 161 Å². The lowest BCUT2D eigenvalue weighted by Crippen LogP contribution is -2.31. The van der Waals surface area contributed by atoms with E-state index in [1.165, 1.54) is 26.4 Å². The Balaban J connectivity index is 2.65. The molecule has 152 valence electrons. The van der Waals surface area contributed by atoms with Gasteiger partial charge in [0.1, 0.15) is 17.3 Å². The maximum Gasteiger partial charge on any atom is 0.258 e. The van der Waals surface area contributed by atoms with Crippen LogP contribution in [0.15, 0.2) is 30.3 Å². The molecule has 0 aliphatic heterocycles. The Morgan fingerprint density at radius 3 is 2.11 bits per heavy atom. The highest BCUT2D eigenvalue weighted by molar-refractivity contribution is 7.92. The average Bonchev–Trinajstić information content (AvgIpc) is 2.63. The van der Waals surface area contributed by atoms with Crippen LogP contribution in [0, 0.1) is 11.6 Å². The molecule has 1 N–H and O–H groups in total. The molecule has 28 heavy (non-hydrogen) atoms. The minimum Gasteiger partial charge on any atom is -0.493 e. The van der Waals surface area contributed by atoms with Crippen LogP contribution in [0.2, 0.25) is 0 Å². The molecule has 2 aromatic carbocycles. The average molecular weight is 414 g/mol. The highest BCUT2D eigenvalue weighted by Gasteiger charge is 2.26. The van der Waals surface area contributed by atoms with E-state index in [0.29, 0.717) is 0 Å². The van der Waals surface area contributed by atoms with Crippen molar-refractivity contribution in [2.45, 2.75) is 6.92 Å². The van der Waals surface area contributed by atoms with Gasteiger partial charge in [-0.1, -0.05) is 6.07 Å². The number of carbonyl (C=O) groups excluding carboxylic acids is 1. The molecule has 0 saturated heterocycles. The number of hydrogen-bond donors (Lipinski definition) is 1. The van der Waals surface area contributed by atoms with Gasteiger partial charge in [-0.2, -0.15) is 0 Å². The van der Waals surface area contributed by atoms with Crippen LogP contribution in [0.25, 0.3) is 0 Å². The number of anilines is 2. The molecule has 0 atom stereocenters. The molecular formula is C18H20F2N2O5S. The summed E-state index contributed by atoms with van der Waals surface area (Å²) in [4.78, 5) is 12.8. The van der Waals surface area contributed by atoms with Crippen molar-refractivity contribution in [1.82, 2.24) is 0 Å². The number of para-hydroxylation sites is 1. The predicted molar refractivity (Wildman–Crippen MR) is 102 cm³/mol. The molecule has 1 amide bonds. The first-order valence-electron chi connectivity index (χ1n) is 8.13. The smallest absolute Gasteiger partial charge is 0.258 e. The van der Waals surface area contributed by atoms with E-state index in [1.807, 2.05) is 0 Å². The Hall–Kier alpha value is -2.88. The highest BCUT2D eigenvalue weighted by atomic mass is 32.2. The van der Waals surface area contributed by atoms with Crippen LogP contribution in [0.1, 0.15) is 17.3 Å². The summed E-state index contributed by atoms with van der Waals surface area (Å²) < 4.78 is 63.4. The van der Waals surface area contributed by atoms with Crippen molar-refractivity contribution in [2.24, 2.45) is 0 Å². The van der Waals surface area contributed by atoms with Crippen LogP contribution in [-0.4, -0.2) is 41.3 Å². The van der Waals surface area contributed by atoms with Crippen molar-refractivity contribution in [1.29, 1.82) is 0 Å². The van der Waals surface area contributed by atoms with Crippen LogP contribution < -0.4 is 19.1 Å². The zero-order valence-corrected chi connectivity index (χ0v) is 16.6. The minimum atomic E-state index is -3.75. The zero-order chi connectivity index (χ0) is 21.1. The molecule has 0 heterocycles. The molecule has 0 aliphatic carbocycles. The second-order valence-corrected chi connectivity index (χ2v) is 7.61. The number of ether oxygens (including phenoxy) is 2. The first-order chi connectivity index (χ1) is 13.1. The van der Waals surface area contributed by atoms with Crippen LogP contribution in [0.4, 0.5) is 20.2 Å². The number of methoxy groups -OCH3 is 2. The van der Waals surface area contributed by atoms with E-state index in [1.54, 1.807) is 6.92 Å². The van der Waals surface area contributed by atoms with Gasteiger partial charge >= 0.3 is 0 Å². The normalized spacial score (nSPS) is 11.1. The van der Waals surface area contributed by atoms with E-state index in [2.05, 4.69) is 5.32 Å². The number of rotatable bonds is 7. The maximum absolute atomic E-state index is 13.9. The van der Waals surface area contributed by atoms with Gasteiger partial charge in [-0.25, -0.2) is 17.2 Å². The van der Waals surface area contributed by atoms with Crippen LogP contribution >= 0.6 is 0 Å². The molecule has 0 fully saturated rings. The van der Waals surface area contributed by atoms with Gasteiger partial charge in [0.2, 0.25) is 10.0 Å². The number of carbonyl (C=O) groups is 1. The summed E-state index contributed by atoms with van der Waals surface area (Å²) in [6, 6.07) is 5.70. The third-order valence-corrected chi connectivity index (χ3v) is 5.16. The van der Waals surface area contributed by atoms with Crippen molar-refractivity contribution in [3.05, 3.63) is 47.5 Å².